The molecule has 3 atom stereocenters. The molecule has 0 saturated heterocycles. The van der Waals surface area contributed by atoms with Crippen molar-refractivity contribution in [2.45, 2.75) is 25.4 Å². The highest BCUT2D eigenvalue weighted by molar-refractivity contribution is 5.76. The van der Waals surface area contributed by atoms with E-state index in [1.165, 1.54) is 0 Å². The number of carboxylic acids is 1. The van der Waals surface area contributed by atoms with Crippen LogP contribution in [0.1, 0.15) is 12.5 Å². The summed E-state index contributed by atoms with van der Waals surface area (Å²) < 4.78 is 5.23. The van der Waals surface area contributed by atoms with E-state index < -0.39 is 24.0 Å². The lowest BCUT2D eigenvalue weighted by Crippen LogP contribution is -2.43. The predicted molar refractivity (Wildman–Crippen MR) is 85.3 cm³/mol. The average Bonchev–Trinajstić information content (AvgIpc) is 2.52. The molecule has 0 heterocycles. The zero-order valence-electron chi connectivity index (χ0n) is 13.6. The van der Waals surface area contributed by atoms with Gasteiger partial charge in [-0.1, -0.05) is 19.1 Å². The summed E-state index contributed by atoms with van der Waals surface area (Å²) in [7, 11) is 3.21. The summed E-state index contributed by atoms with van der Waals surface area (Å²) in [6.07, 6.45) is 0.415. The van der Waals surface area contributed by atoms with E-state index in [9.17, 15) is 14.7 Å². The molecule has 7 heteroatoms. The molecular weight excluding hydrogens is 300 g/mol. The number of benzene rings is 1. The molecule has 1 unspecified atom stereocenters. The Balaban J connectivity index is 2.56. The molecule has 1 rings (SSSR count). The highest BCUT2D eigenvalue weighted by Crippen LogP contribution is 2.12. The summed E-state index contributed by atoms with van der Waals surface area (Å²) in [6, 6.07) is 5.27. The van der Waals surface area contributed by atoms with Crippen molar-refractivity contribution in [2.24, 2.45) is 5.92 Å². The van der Waals surface area contributed by atoms with Gasteiger partial charge in [0.05, 0.1) is 6.61 Å². The van der Waals surface area contributed by atoms with Gasteiger partial charge in [-0.3, -0.25) is 9.59 Å². The topological polar surface area (TPSA) is 108 Å². The number of aliphatic carboxylic acids is 1. The van der Waals surface area contributed by atoms with Crippen LogP contribution >= 0.6 is 0 Å². The summed E-state index contributed by atoms with van der Waals surface area (Å²) in [6.45, 7) is 1.72. The van der Waals surface area contributed by atoms with Crippen molar-refractivity contribution < 1.29 is 24.5 Å². The first-order valence-electron chi connectivity index (χ1n) is 7.41. The number of aromatic hydroxyl groups is 1. The minimum Gasteiger partial charge on any atom is -0.508 e. The fourth-order valence-corrected chi connectivity index (χ4v) is 2.23. The number of carbonyl (C=O) groups is 2. The van der Waals surface area contributed by atoms with E-state index in [-0.39, 0.29) is 18.3 Å². The standard InChI is InChI=1S/C16H24N2O5/c1-10(14(18-3)15(20)21)9-23-16(22)13(17-2)8-11-4-6-12(19)7-5-11/h4-7,10,13-14,17-19H,8-9H2,1-3H3,(H,20,21)/t10?,13-,14-/m0/s1. The highest BCUT2D eigenvalue weighted by Gasteiger charge is 2.25. The Morgan fingerprint density at radius 2 is 1.78 bits per heavy atom. The van der Waals surface area contributed by atoms with Crippen molar-refractivity contribution in [1.29, 1.82) is 0 Å². The third kappa shape index (κ3) is 5.88. The fraction of sp³-hybridized carbons (Fsp3) is 0.500. The Morgan fingerprint density at radius 3 is 2.26 bits per heavy atom. The van der Waals surface area contributed by atoms with Crippen molar-refractivity contribution >= 4 is 11.9 Å². The van der Waals surface area contributed by atoms with Gasteiger partial charge in [0.2, 0.25) is 0 Å². The van der Waals surface area contributed by atoms with Gasteiger partial charge in [0, 0.05) is 5.92 Å². The fourth-order valence-electron chi connectivity index (χ4n) is 2.23. The van der Waals surface area contributed by atoms with Gasteiger partial charge < -0.3 is 25.6 Å². The number of nitrogens with one attached hydrogen (secondary N) is 2. The average molecular weight is 324 g/mol. The van der Waals surface area contributed by atoms with Crippen LogP contribution in [-0.4, -0.2) is 54.9 Å². The second-order valence-electron chi connectivity index (χ2n) is 5.42. The molecule has 0 amide bonds. The number of phenolic OH excluding ortho intramolecular Hbond substituents is 1. The molecule has 0 aliphatic heterocycles. The zero-order valence-corrected chi connectivity index (χ0v) is 13.6. The summed E-state index contributed by atoms with van der Waals surface area (Å²) in [5.74, 6) is -1.61. The van der Waals surface area contributed by atoms with Crippen LogP contribution in [-0.2, 0) is 20.7 Å². The number of hydrogen-bond donors (Lipinski definition) is 4. The van der Waals surface area contributed by atoms with Crippen LogP contribution in [0.15, 0.2) is 24.3 Å². The number of likely N-dealkylation sites (N-methyl/N-ethyl adjacent to an activating group) is 2. The first-order chi connectivity index (χ1) is 10.9. The molecular formula is C16H24N2O5. The van der Waals surface area contributed by atoms with Crippen LogP contribution in [0.25, 0.3) is 0 Å². The summed E-state index contributed by atoms with van der Waals surface area (Å²) in [5.41, 5.74) is 0.880. The number of carbonyl (C=O) groups excluding carboxylic acids is 1. The van der Waals surface area contributed by atoms with E-state index in [1.54, 1.807) is 45.3 Å². The van der Waals surface area contributed by atoms with E-state index >= 15 is 0 Å². The Kier molecular flexibility index (Phi) is 7.50. The van der Waals surface area contributed by atoms with E-state index in [4.69, 9.17) is 9.84 Å². The molecule has 128 valence electrons. The van der Waals surface area contributed by atoms with Crippen LogP contribution in [0.2, 0.25) is 0 Å². The third-order valence-corrected chi connectivity index (χ3v) is 3.64. The van der Waals surface area contributed by atoms with E-state index in [2.05, 4.69) is 10.6 Å². The van der Waals surface area contributed by atoms with E-state index in [0.29, 0.717) is 6.42 Å². The van der Waals surface area contributed by atoms with Crippen LogP contribution in [0.5, 0.6) is 5.75 Å². The maximum atomic E-state index is 12.1. The van der Waals surface area contributed by atoms with Gasteiger partial charge in [-0.25, -0.2) is 0 Å². The summed E-state index contributed by atoms with van der Waals surface area (Å²) in [4.78, 5) is 23.2. The molecule has 0 aromatic heterocycles. The van der Waals surface area contributed by atoms with Gasteiger partial charge in [0.25, 0.3) is 0 Å². The van der Waals surface area contributed by atoms with Gasteiger partial charge in [0.1, 0.15) is 17.8 Å². The lowest BCUT2D eigenvalue weighted by Gasteiger charge is -2.21. The second-order valence-corrected chi connectivity index (χ2v) is 5.42. The first kappa shape index (κ1) is 18.9. The molecule has 0 radical (unpaired) electrons. The van der Waals surface area contributed by atoms with Crippen molar-refractivity contribution in [1.82, 2.24) is 10.6 Å². The van der Waals surface area contributed by atoms with E-state index in [1.807, 2.05) is 0 Å². The van der Waals surface area contributed by atoms with Crippen molar-refractivity contribution in [2.75, 3.05) is 20.7 Å². The highest BCUT2D eigenvalue weighted by atomic mass is 16.5. The predicted octanol–water partition coefficient (Wildman–Crippen LogP) is 0.375. The first-order valence-corrected chi connectivity index (χ1v) is 7.41. The normalized spacial score (nSPS) is 14.7. The Hall–Kier alpha value is -2.12. The molecule has 1 aromatic rings. The Morgan fingerprint density at radius 1 is 1.17 bits per heavy atom. The SMILES string of the molecule is CN[C@@H](Cc1ccc(O)cc1)C(=O)OCC(C)[C@H](NC)C(=O)O. The molecule has 0 aliphatic rings. The van der Waals surface area contributed by atoms with Crippen LogP contribution in [0, 0.1) is 5.92 Å². The molecule has 1 aromatic carbocycles. The number of hydrogen-bond acceptors (Lipinski definition) is 6. The van der Waals surface area contributed by atoms with Crippen LogP contribution in [0.3, 0.4) is 0 Å². The second kappa shape index (κ2) is 9.12. The van der Waals surface area contributed by atoms with Gasteiger partial charge in [0.15, 0.2) is 0 Å². The van der Waals surface area contributed by atoms with Crippen molar-refractivity contribution in [3.63, 3.8) is 0 Å². The molecule has 23 heavy (non-hydrogen) atoms. The van der Waals surface area contributed by atoms with Gasteiger partial charge in [-0.2, -0.15) is 0 Å². The number of rotatable bonds is 9. The number of carboxylic acid groups (broad SMARTS) is 1. The smallest absolute Gasteiger partial charge is 0.323 e. The lowest BCUT2D eigenvalue weighted by atomic mass is 10.0. The Labute approximate surface area is 135 Å². The number of ether oxygens (including phenoxy) is 1. The minimum absolute atomic E-state index is 0.0183. The quantitative estimate of drug-likeness (QED) is 0.486. The van der Waals surface area contributed by atoms with Crippen LogP contribution in [0.4, 0.5) is 0 Å². The lowest BCUT2D eigenvalue weighted by molar-refractivity contribution is -0.150. The number of esters is 1. The molecule has 7 nitrogen and oxygen atoms in total. The molecule has 0 aliphatic carbocycles. The zero-order chi connectivity index (χ0) is 17.4. The van der Waals surface area contributed by atoms with Crippen molar-refractivity contribution in [3.05, 3.63) is 29.8 Å². The van der Waals surface area contributed by atoms with Gasteiger partial charge in [-0.15, -0.1) is 0 Å². The monoisotopic (exact) mass is 324 g/mol. The third-order valence-electron chi connectivity index (χ3n) is 3.64. The molecule has 0 bridgehead atoms. The number of phenols is 1. The molecule has 0 saturated carbocycles. The largest absolute Gasteiger partial charge is 0.508 e. The minimum atomic E-state index is -0.981. The molecule has 0 spiro atoms. The van der Waals surface area contributed by atoms with E-state index in [0.717, 1.165) is 5.56 Å². The Bertz CT molecular complexity index is 518. The summed E-state index contributed by atoms with van der Waals surface area (Å²) >= 11 is 0. The maximum Gasteiger partial charge on any atom is 0.323 e. The maximum absolute atomic E-state index is 12.1. The molecule has 4 N–H and O–H groups in total. The van der Waals surface area contributed by atoms with Crippen LogP contribution < -0.4 is 10.6 Å². The van der Waals surface area contributed by atoms with Gasteiger partial charge in [-0.05, 0) is 38.2 Å². The van der Waals surface area contributed by atoms with Gasteiger partial charge >= 0.3 is 11.9 Å². The van der Waals surface area contributed by atoms with Crippen molar-refractivity contribution in [3.8, 4) is 5.75 Å². The summed E-state index contributed by atoms with van der Waals surface area (Å²) in [5, 5.41) is 23.9. The molecule has 0 fully saturated rings.